The van der Waals surface area contributed by atoms with E-state index in [-0.39, 0.29) is 18.0 Å². The monoisotopic (exact) mass is 399 g/mol. The first-order chi connectivity index (χ1) is 14.5. The number of rotatable bonds is 6. The summed E-state index contributed by atoms with van der Waals surface area (Å²) in [6, 6.07) is 19.7. The Bertz CT molecular complexity index is 1270. The minimum Gasteiger partial charge on any atom is -0.339 e. The highest BCUT2D eigenvalue weighted by Gasteiger charge is 2.12. The fourth-order valence-corrected chi connectivity index (χ4v) is 3.70. The third-order valence-corrected chi connectivity index (χ3v) is 5.43. The van der Waals surface area contributed by atoms with Crippen molar-refractivity contribution in [3.63, 3.8) is 0 Å². The lowest BCUT2D eigenvalue weighted by molar-refractivity contribution is -0.116. The molecule has 4 rings (SSSR count). The summed E-state index contributed by atoms with van der Waals surface area (Å²) in [6.45, 7) is 4.73. The Morgan fingerprint density at radius 3 is 2.50 bits per heavy atom. The van der Waals surface area contributed by atoms with E-state index in [0.717, 1.165) is 23.1 Å². The minimum absolute atomic E-state index is 0.0271. The second kappa shape index (κ2) is 8.41. The number of carbonyl (C=O) groups excluding carboxylic acids is 1. The van der Waals surface area contributed by atoms with Crippen LogP contribution < -0.4 is 10.9 Å². The molecule has 152 valence electrons. The average Bonchev–Trinajstić information content (AvgIpc) is 3.15. The highest BCUT2D eigenvalue weighted by molar-refractivity contribution is 5.91. The van der Waals surface area contributed by atoms with E-state index in [1.54, 1.807) is 6.20 Å². The third kappa shape index (κ3) is 4.06. The molecule has 2 aromatic carbocycles. The van der Waals surface area contributed by atoms with E-state index in [2.05, 4.69) is 31.3 Å². The summed E-state index contributed by atoms with van der Waals surface area (Å²) in [5.74, 6) is -0.221. The number of fused-ring (bicyclic) bond motifs is 1. The largest absolute Gasteiger partial charge is 0.339 e. The number of amides is 1. The fourth-order valence-electron chi connectivity index (χ4n) is 3.70. The van der Waals surface area contributed by atoms with Crippen molar-refractivity contribution in [2.75, 3.05) is 5.32 Å². The van der Waals surface area contributed by atoms with Crippen LogP contribution in [0.5, 0.6) is 0 Å². The Kier molecular flexibility index (Phi) is 5.53. The maximum atomic E-state index is 13.1. The van der Waals surface area contributed by atoms with Gasteiger partial charge in [-0.1, -0.05) is 43.3 Å². The van der Waals surface area contributed by atoms with Gasteiger partial charge in [0.2, 0.25) is 5.91 Å². The van der Waals surface area contributed by atoms with Crippen LogP contribution in [0.2, 0.25) is 0 Å². The van der Waals surface area contributed by atoms with Crippen LogP contribution in [0.25, 0.3) is 10.9 Å². The quantitative estimate of drug-likeness (QED) is 0.524. The molecule has 0 aliphatic rings. The summed E-state index contributed by atoms with van der Waals surface area (Å²) in [4.78, 5) is 25.7. The van der Waals surface area contributed by atoms with E-state index in [0.29, 0.717) is 12.1 Å². The van der Waals surface area contributed by atoms with Crippen LogP contribution in [-0.2, 0) is 24.3 Å². The molecule has 2 aromatic heterocycles. The highest BCUT2D eigenvalue weighted by Crippen LogP contribution is 2.16. The molecule has 1 N–H and O–H groups in total. The predicted molar refractivity (Wildman–Crippen MR) is 121 cm³/mol. The SMILES string of the molecule is CCc1cccc(NC(=O)Cn2ccc3ccn(Cc4ccccc4C)c3c2=O)c1. The molecule has 0 atom stereocenters. The molecule has 0 fully saturated rings. The third-order valence-electron chi connectivity index (χ3n) is 5.43. The van der Waals surface area contributed by atoms with Crippen molar-refractivity contribution in [1.82, 2.24) is 9.13 Å². The van der Waals surface area contributed by atoms with Crippen molar-refractivity contribution in [3.8, 4) is 0 Å². The van der Waals surface area contributed by atoms with Crippen molar-refractivity contribution >= 4 is 22.5 Å². The van der Waals surface area contributed by atoms with E-state index in [1.165, 1.54) is 15.7 Å². The molecule has 0 spiro atoms. The van der Waals surface area contributed by atoms with E-state index < -0.39 is 0 Å². The van der Waals surface area contributed by atoms with Crippen molar-refractivity contribution in [2.45, 2.75) is 33.4 Å². The van der Waals surface area contributed by atoms with Gasteiger partial charge in [-0.2, -0.15) is 0 Å². The summed E-state index contributed by atoms with van der Waals surface area (Å²) >= 11 is 0. The van der Waals surface area contributed by atoms with Gasteiger partial charge in [0, 0.05) is 30.0 Å². The Morgan fingerprint density at radius 2 is 1.73 bits per heavy atom. The lowest BCUT2D eigenvalue weighted by atomic mass is 10.1. The summed E-state index contributed by atoms with van der Waals surface area (Å²) < 4.78 is 3.43. The normalized spacial score (nSPS) is 11.0. The Balaban J connectivity index is 1.59. The van der Waals surface area contributed by atoms with E-state index in [9.17, 15) is 9.59 Å². The number of nitrogens with zero attached hydrogens (tertiary/aromatic N) is 2. The van der Waals surface area contributed by atoms with Crippen molar-refractivity contribution in [1.29, 1.82) is 0 Å². The second-order valence-corrected chi connectivity index (χ2v) is 7.52. The molecule has 0 unspecified atom stereocenters. The summed E-state index contributed by atoms with van der Waals surface area (Å²) in [6.07, 6.45) is 4.52. The van der Waals surface area contributed by atoms with Crippen molar-refractivity contribution in [2.24, 2.45) is 0 Å². The van der Waals surface area contributed by atoms with Crippen LogP contribution >= 0.6 is 0 Å². The molecule has 5 nitrogen and oxygen atoms in total. The molecule has 0 aliphatic heterocycles. The number of carbonyl (C=O) groups is 1. The molecule has 2 heterocycles. The molecular formula is C25H25N3O2. The molecule has 4 aromatic rings. The van der Waals surface area contributed by atoms with Crippen LogP contribution in [0.15, 0.2) is 77.9 Å². The molecule has 30 heavy (non-hydrogen) atoms. The summed E-state index contributed by atoms with van der Waals surface area (Å²) in [5.41, 5.74) is 4.70. The fraction of sp³-hybridized carbons (Fsp3) is 0.200. The van der Waals surface area contributed by atoms with E-state index in [1.807, 2.05) is 59.3 Å². The van der Waals surface area contributed by atoms with Crippen molar-refractivity contribution in [3.05, 3.63) is 100 Å². The highest BCUT2D eigenvalue weighted by atomic mass is 16.2. The van der Waals surface area contributed by atoms with Gasteiger partial charge in [-0.25, -0.2) is 0 Å². The number of aryl methyl sites for hydroxylation is 2. The van der Waals surface area contributed by atoms with Gasteiger partial charge in [-0.3, -0.25) is 9.59 Å². The number of hydrogen-bond donors (Lipinski definition) is 1. The topological polar surface area (TPSA) is 56.0 Å². The lowest BCUT2D eigenvalue weighted by Crippen LogP contribution is -2.28. The number of pyridine rings is 1. The zero-order chi connectivity index (χ0) is 21.1. The molecule has 0 saturated heterocycles. The molecule has 0 saturated carbocycles. The van der Waals surface area contributed by atoms with Gasteiger partial charge in [-0.05, 0) is 54.3 Å². The zero-order valence-corrected chi connectivity index (χ0v) is 17.3. The Morgan fingerprint density at radius 1 is 0.967 bits per heavy atom. The Labute approximate surface area is 175 Å². The van der Waals surface area contributed by atoms with Gasteiger partial charge < -0.3 is 14.5 Å². The first-order valence-corrected chi connectivity index (χ1v) is 10.2. The summed E-state index contributed by atoms with van der Waals surface area (Å²) in [5, 5.41) is 3.77. The Hall–Kier alpha value is -3.60. The molecule has 0 aliphatic carbocycles. The van der Waals surface area contributed by atoms with Gasteiger partial charge in [0.05, 0.1) is 0 Å². The lowest BCUT2D eigenvalue weighted by Gasteiger charge is -2.11. The maximum Gasteiger partial charge on any atom is 0.275 e. The van der Waals surface area contributed by atoms with Crippen LogP contribution in [0.3, 0.4) is 0 Å². The molecule has 0 bridgehead atoms. The number of anilines is 1. The van der Waals surface area contributed by atoms with Gasteiger partial charge in [0.1, 0.15) is 12.1 Å². The van der Waals surface area contributed by atoms with Crippen LogP contribution in [0.4, 0.5) is 5.69 Å². The van der Waals surface area contributed by atoms with Crippen LogP contribution in [0.1, 0.15) is 23.6 Å². The average molecular weight is 399 g/mol. The first kappa shape index (κ1) is 19.7. The van der Waals surface area contributed by atoms with Gasteiger partial charge >= 0.3 is 0 Å². The maximum absolute atomic E-state index is 13.1. The summed E-state index contributed by atoms with van der Waals surface area (Å²) in [7, 11) is 0. The standard InChI is InChI=1S/C25H25N3O2/c1-3-19-8-6-10-22(15-19)26-23(29)17-28-14-12-20-11-13-27(24(20)25(28)30)16-21-9-5-4-7-18(21)2/h4-15H,3,16-17H2,1-2H3,(H,26,29). The van der Waals surface area contributed by atoms with Gasteiger partial charge in [0.15, 0.2) is 0 Å². The van der Waals surface area contributed by atoms with Crippen LogP contribution in [0, 0.1) is 6.92 Å². The first-order valence-electron chi connectivity index (χ1n) is 10.2. The van der Waals surface area contributed by atoms with Gasteiger partial charge in [-0.15, -0.1) is 0 Å². The number of nitrogens with one attached hydrogen (secondary N) is 1. The molecule has 1 amide bonds. The minimum atomic E-state index is -0.221. The predicted octanol–water partition coefficient (Wildman–Crippen LogP) is 4.36. The molecule has 0 radical (unpaired) electrons. The van der Waals surface area contributed by atoms with Crippen molar-refractivity contribution < 1.29 is 4.79 Å². The van der Waals surface area contributed by atoms with E-state index in [4.69, 9.17) is 0 Å². The zero-order valence-electron chi connectivity index (χ0n) is 17.3. The number of hydrogen-bond acceptors (Lipinski definition) is 2. The van der Waals surface area contributed by atoms with Crippen LogP contribution in [-0.4, -0.2) is 15.0 Å². The smallest absolute Gasteiger partial charge is 0.275 e. The van der Waals surface area contributed by atoms with E-state index >= 15 is 0 Å². The number of benzene rings is 2. The number of aromatic nitrogens is 2. The molecule has 5 heteroatoms. The van der Waals surface area contributed by atoms with Gasteiger partial charge in [0.25, 0.3) is 5.56 Å². The second-order valence-electron chi connectivity index (χ2n) is 7.52. The molecular weight excluding hydrogens is 374 g/mol.